The quantitative estimate of drug-likeness (QED) is 0.840. The van der Waals surface area contributed by atoms with E-state index in [-0.39, 0.29) is 6.04 Å². The Morgan fingerprint density at radius 2 is 1.94 bits per heavy atom. The van der Waals surface area contributed by atoms with E-state index < -0.39 is 11.7 Å². The third-order valence-electron chi connectivity index (χ3n) is 2.05. The summed E-state index contributed by atoms with van der Waals surface area (Å²) >= 11 is 5.85. The molecule has 0 aliphatic rings. The van der Waals surface area contributed by atoms with Gasteiger partial charge in [0.1, 0.15) is 5.60 Å². The molecule has 17 heavy (non-hydrogen) atoms. The van der Waals surface area contributed by atoms with Gasteiger partial charge in [-0.3, -0.25) is 0 Å². The third-order valence-corrected chi connectivity index (χ3v) is 2.36. The average molecular weight is 256 g/mol. The Bertz CT molecular complexity index is 359. The summed E-state index contributed by atoms with van der Waals surface area (Å²) in [6, 6.07) is 9.35. The van der Waals surface area contributed by atoms with E-state index in [0.29, 0.717) is 5.88 Å². The molecule has 0 saturated heterocycles. The molecule has 0 bridgehead atoms. The minimum Gasteiger partial charge on any atom is -0.444 e. The molecular formula is C13H18ClNO2. The number of carbonyl (C=O) groups excluding carboxylic acids is 1. The molecule has 4 heteroatoms. The third kappa shape index (κ3) is 5.09. The molecule has 1 aromatic rings. The van der Waals surface area contributed by atoms with Crippen LogP contribution in [0.15, 0.2) is 30.3 Å². The second kappa shape index (κ2) is 5.92. The predicted molar refractivity (Wildman–Crippen MR) is 69.3 cm³/mol. The van der Waals surface area contributed by atoms with Gasteiger partial charge >= 0.3 is 6.09 Å². The molecule has 0 fully saturated rings. The lowest BCUT2D eigenvalue weighted by molar-refractivity contribution is 0.0508. The van der Waals surface area contributed by atoms with Gasteiger partial charge in [0.05, 0.1) is 6.04 Å². The fraction of sp³-hybridized carbons (Fsp3) is 0.462. The second-order valence-electron chi connectivity index (χ2n) is 4.76. The highest BCUT2D eigenvalue weighted by Crippen LogP contribution is 2.15. The number of alkyl halides is 1. The number of benzene rings is 1. The van der Waals surface area contributed by atoms with E-state index >= 15 is 0 Å². The minimum atomic E-state index is -0.502. The Hall–Kier alpha value is -1.22. The molecule has 3 nitrogen and oxygen atoms in total. The van der Waals surface area contributed by atoms with Gasteiger partial charge in [0.2, 0.25) is 0 Å². The van der Waals surface area contributed by atoms with E-state index in [1.807, 2.05) is 51.1 Å². The number of ether oxygens (including phenoxy) is 1. The number of halogens is 1. The van der Waals surface area contributed by atoms with Crippen LogP contribution in [-0.4, -0.2) is 17.6 Å². The standard InChI is InChI=1S/C13H18ClNO2/c1-13(2,3)17-12(16)15-11(9-14)10-7-5-4-6-8-10/h4-8,11H,9H2,1-3H3,(H,15,16). The number of rotatable bonds is 3. The normalized spacial score (nSPS) is 12.9. The molecule has 94 valence electrons. The molecule has 0 heterocycles. The Labute approximate surface area is 107 Å². The molecule has 0 radical (unpaired) electrons. The highest BCUT2D eigenvalue weighted by molar-refractivity contribution is 6.18. The predicted octanol–water partition coefficient (Wildman–Crippen LogP) is 3.49. The van der Waals surface area contributed by atoms with Gasteiger partial charge in [-0.05, 0) is 26.3 Å². The fourth-order valence-corrected chi connectivity index (χ4v) is 1.60. The van der Waals surface area contributed by atoms with Gasteiger partial charge < -0.3 is 10.1 Å². The average Bonchev–Trinajstić information content (AvgIpc) is 2.24. The van der Waals surface area contributed by atoms with Crippen LogP contribution in [0, 0.1) is 0 Å². The van der Waals surface area contributed by atoms with Crippen molar-refractivity contribution in [3.05, 3.63) is 35.9 Å². The molecule has 1 atom stereocenters. The van der Waals surface area contributed by atoms with Crippen LogP contribution in [0.4, 0.5) is 4.79 Å². The Morgan fingerprint density at radius 3 is 2.41 bits per heavy atom. The number of hydrogen-bond donors (Lipinski definition) is 1. The van der Waals surface area contributed by atoms with Crippen molar-refractivity contribution >= 4 is 17.7 Å². The lowest BCUT2D eigenvalue weighted by Gasteiger charge is -2.22. The van der Waals surface area contributed by atoms with Crippen molar-refractivity contribution in [3.8, 4) is 0 Å². The van der Waals surface area contributed by atoms with Crippen LogP contribution >= 0.6 is 11.6 Å². The molecule has 1 amide bonds. The monoisotopic (exact) mass is 255 g/mol. The number of hydrogen-bond acceptors (Lipinski definition) is 2. The zero-order chi connectivity index (χ0) is 12.9. The molecule has 0 spiro atoms. The zero-order valence-corrected chi connectivity index (χ0v) is 11.1. The Kier molecular flexibility index (Phi) is 4.82. The van der Waals surface area contributed by atoms with Crippen LogP contribution < -0.4 is 5.32 Å². The first kappa shape index (κ1) is 13.8. The fourth-order valence-electron chi connectivity index (χ4n) is 1.35. The van der Waals surface area contributed by atoms with Crippen molar-refractivity contribution < 1.29 is 9.53 Å². The van der Waals surface area contributed by atoms with Crippen molar-refractivity contribution in [3.63, 3.8) is 0 Å². The van der Waals surface area contributed by atoms with E-state index in [2.05, 4.69) is 5.32 Å². The molecule has 0 aromatic heterocycles. The van der Waals surface area contributed by atoms with E-state index in [0.717, 1.165) is 5.56 Å². The first-order chi connectivity index (χ1) is 7.92. The van der Waals surface area contributed by atoms with Crippen molar-refractivity contribution in [1.82, 2.24) is 5.32 Å². The number of amides is 1. The largest absolute Gasteiger partial charge is 0.444 e. The summed E-state index contributed by atoms with van der Waals surface area (Å²) in [5.74, 6) is 0.309. The molecule has 1 unspecified atom stereocenters. The summed E-state index contributed by atoms with van der Waals surface area (Å²) in [5, 5.41) is 2.75. The van der Waals surface area contributed by atoms with Crippen LogP contribution in [0.2, 0.25) is 0 Å². The van der Waals surface area contributed by atoms with Gasteiger partial charge in [-0.25, -0.2) is 4.79 Å². The summed E-state index contributed by atoms with van der Waals surface area (Å²) in [7, 11) is 0. The van der Waals surface area contributed by atoms with Crippen LogP contribution in [0.25, 0.3) is 0 Å². The summed E-state index contributed by atoms with van der Waals surface area (Å²) in [5.41, 5.74) is 0.464. The lowest BCUT2D eigenvalue weighted by Crippen LogP contribution is -2.35. The maximum atomic E-state index is 11.6. The summed E-state index contributed by atoms with van der Waals surface area (Å²) < 4.78 is 5.18. The van der Waals surface area contributed by atoms with Gasteiger partial charge in [0.15, 0.2) is 0 Å². The van der Waals surface area contributed by atoms with Crippen LogP contribution in [0.3, 0.4) is 0 Å². The molecule has 1 rings (SSSR count). The smallest absolute Gasteiger partial charge is 0.408 e. The Morgan fingerprint density at radius 1 is 1.35 bits per heavy atom. The van der Waals surface area contributed by atoms with E-state index in [4.69, 9.17) is 16.3 Å². The second-order valence-corrected chi connectivity index (χ2v) is 5.07. The summed E-state index contributed by atoms with van der Waals surface area (Å²) in [4.78, 5) is 11.6. The number of carbonyl (C=O) groups is 1. The topological polar surface area (TPSA) is 38.3 Å². The molecule has 0 aliphatic heterocycles. The maximum absolute atomic E-state index is 11.6. The van der Waals surface area contributed by atoms with Gasteiger partial charge in [-0.15, -0.1) is 11.6 Å². The molecule has 0 saturated carbocycles. The Balaban J connectivity index is 2.62. The highest BCUT2D eigenvalue weighted by Gasteiger charge is 2.19. The van der Waals surface area contributed by atoms with Crippen molar-refractivity contribution in [2.24, 2.45) is 0 Å². The van der Waals surface area contributed by atoms with Gasteiger partial charge in [-0.1, -0.05) is 30.3 Å². The first-order valence-corrected chi connectivity index (χ1v) is 6.06. The number of alkyl carbamates (subject to hydrolysis) is 1. The summed E-state index contributed by atoms with van der Waals surface area (Å²) in [6.45, 7) is 5.47. The van der Waals surface area contributed by atoms with Crippen LogP contribution in [-0.2, 0) is 4.74 Å². The van der Waals surface area contributed by atoms with Gasteiger partial charge in [0, 0.05) is 5.88 Å². The summed E-state index contributed by atoms with van der Waals surface area (Å²) in [6.07, 6.45) is -0.452. The van der Waals surface area contributed by atoms with E-state index in [1.54, 1.807) is 0 Å². The lowest BCUT2D eigenvalue weighted by atomic mass is 10.1. The van der Waals surface area contributed by atoms with Crippen molar-refractivity contribution in [1.29, 1.82) is 0 Å². The highest BCUT2D eigenvalue weighted by atomic mass is 35.5. The number of nitrogens with one attached hydrogen (secondary N) is 1. The van der Waals surface area contributed by atoms with Gasteiger partial charge in [-0.2, -0.15) is 0 Å². The van der Waals surface area contributed by atoms with E-state index in [1.165, 1.54) is 0 Å². The SMILES string of the molecule is CC(C)(C)OC(=O)NC(CCl)c1ccccc1. The zero-order valence-electron chi connectivity index (χ0n) is 10.4. The van der Waals surface area contributed by atoms with Crippen LogP contribution in [0.1, 0.15) is 32.4 Å². The van der Waals surface area contributed by atoms with Crippen molar-refractivity contribution in [2.75, 3.05) is 5.88 Å². The molecule has 1 aromatic carbocycles. The van der Waals surface area contributed by atoms with E-state index in [9.17, 15) is 4.79 Å². The minimum absolute atomic E-state index is 0.229. The molecule has 1 N–H and O–H groups in total. The first-order valence-electron chi connectivity index (χ1n) is 5.53. The maximum Gasteiger partial charge on any atom is 0.408 e. The van der Waals surface area contributed by atoms with Crippen molar-refractivity contribution in [2.45, 2.75) is 32.4 Å². The van der Waals surface area contributed by atoms with Crippen LogP contribution in [0.5, 0.6) is 0 Å². The molecular weight excluding hydrogens is 238 g/mol. The molecule has 0 aliphatic carbocycles. The van der Waals surface area contributed by atoms with Gasteiger partial charge in [0.25, 0.3) is 0 Å².